The van der Waals surface area contributed by atoms with Gasteiger partial charge in [-0.05, 0) is 45.6 Å². The Morgan fingerprint density at radius 1 is 1.32 bits per heavy atom. The predicted octanol–water partition coefficient (Wildman–Crippen LogP) is 1.71. The minimum absolute atomic E-state index is 0.0360. The van der Waals surface area contributed by atoms with Crippen LogP contribution in [0, 0.1) is 12.8 Å². The van der Waals surface area contributed by atoms with Crippen LogP contribution in [0.25, 0.3) is 11.7 Å². The van der Waals surface area contributed by atoms with Crippen molar-refractivity contribution < 1.29 is 19.4 Å². The fraction of sp³-hybridized carbons (Fsp3) is 0.583. The van der Waals surface area contributed by atoms with E-state index in [0.717, 1.165) is 12.8 Å². The highest BCUT2D eigenvalue weighted by Gasteiger charge is 2.33. The molecular weight excluding hydrogens is 438 g/mol. The zero-order valence-corrected chi connectivity index (χ0v) is 20.4. The van der Waals surface area contributed by atoms with Gasteiger partial charge in [-0.3, -0.25) is 19.0 Å². The van der Waals surface area contributed by atoms with Crippen LogP contribution in [-0.4, -0.2) is 67.3 Å². The van der Waals surface area contributed by atoms with Gasteiger partial charge in [0, 0.05) is 30.8 Å². The van der Waals surface area contributed by atoms with Crippen LogP contribution >= 0.6 is 0 Å². The van der Waals surface area contributed by atoms with Crippen LogP contribution in [0.3, 0.4) is 0 Å². The smallest absolute Gasteiger partial charge is 0.270 e. The standard InChI is InChI=1S/C24H33N5O5/c1-14(2)12-27-21-17(8-9-18(30)28-10-11-34-13-24(28,4)5)15(3)26-29(21)23(33)19(22(27)32)20(31)25-16-6-7-16/h8-9,14,16,33H,6-7,10-13H2,1-5H3,(H,25,31). The first kappa shape index (κ1) is 24.0. The van der Waals surface area contributed by atoms with Crippen molar-refractivity contribution in [3.8, 4) is 5.88 Å². The van der Waals surface area contributed by atoms with E-state index in [1.165, 1.54) is 15.2 Å². The van der Waals surface area contributed by atoms with Crippen LogP contribution in [0.2, 0.25) is 0 Å². The lowest BCUT2D eigenvalue weighted by Crippen LogP contribution is -2.55. The zero-order chi connectivity index (χ0) is 24.8. The molecule has 0 unspecified atom stereocenters. The summed E-state index contributed by atoms with van der Waals surface area (Å²) in [7, 11) is 0. The van der Waals surface area contributed by atoms with E-state index in [2.05, 4.69) is 10.4 Å². The summed E-state index contributed by atoms with van der Waals surface area (Å²) < 4.78 is 8.19. The maximum atomic E-state index is 13.4. The number of morpholine rings is 1. The van der Waals surface area contributed by atoms with Crippen LogP contribution in [-0.2, 0) is 16.1 Å². The van der Waals surface area contributed by atoms with Gasteiger partial charge in [0.2, 0.25) is 11.8 Å². The van der Waals surface area contributed by atoms with Crippen molar-refractivity contribution in [3.63, 3.8) is 0 Å². The molecule has 2 aromatic heterocycles. The fourth-order valence-corrected chi connectivity index (χ4v) is 4.29. The maximum Gasteiger partial charge on any atom is 0.270 e. The number of amides is 2. The Hall–Kier alpha value is -3.14. The summed E-state index contributed by atoms with van der Waals surface area (Å²) in [5.74, 6) is -1.18. The van der Waals surface area contributed by atoms with Gasteiger partial charge >= 0.3 is 0 Å². The van der Waals surface area contributed by atoms with Gasteiger partial charge in [-0.2, -0.15) is 9.61 Å². The number of carbonyl (C=O) groups is 2. The first-order chi connectivity index (χ1) is 16.0. The molecule has 184 valence electrons. The molecule has 4 rings (SSSR count). The van der Waals surface area contributed by atoms with Crippen molar-refractivity contribution in [1.82, 2.24) is 24.4 Å². The second-order valence-corrected chi connectivity index (χ2v) is 10.2. The van der Waals surface area contributed by atoms with Gasteiger partial charge in [-0.1, -0.05) is 13.8 Å². The predicted molar refractivity (Wildman–Crippen MR) is 127 cm³/mol. The number of ether oxygens (including phenoxy) is 1. The number of hydrogen-bond acceptors (Lipinski definition) is 6. The number of aromatic nitrogens is 3. The molecule has 1 aliphatic carbocycles. The number of rotatable bonds is 6. The Morgan fingerprint density at radius 2 is 2.03 bits per heavy atom. The average molecular weight is 472 g/mol. The molecule has 1 saturated heterocycles. The van der Waals surface area contributed by atoms with Crippen molar-refractivity contribution >= 4 is 23.5 Å². The highest BCUT2D eigenvalue weighted by atomic mass is 16.5. The number of aryl methyl sites for hydroxylation is 1. The molecule has 1 aliphatic heterocycles. The minimum Gasteiger partial charge on any atom is -0.492 e. The SMILES string of the molecule is Cc1nn2c(O)c(C(=O)NC3CC3)c(=O)n(CC(C)C)c2c1C=CC(=O)N1CCOCC1(C)C. The maximum absolute atomic E-state index is 13.4. The van der Waals surface area contributed by atoms with E-state index in [-0.39, 0.29) is 23.4 Å². The molecule has 1 saturated carbocycles. The molecule has 3 heterocycles. The number of aromatic hydroxyl groups is 1. The van der Waals surface area contributed by atoms with Crippen LogP contribution in [0.1, 0.15) is 62.2 Å². The van der Waals surface area contributed by atoms with Crippen molar-refractivity contribution in [2.75, 3.05) is 19.8 Å². The Kier molecular flexibility index (Phi) is 6.28. The van der Waals surface area contributed by atoms with Crippen molar-refractivity contribution in [3.05, 3.63) is 33.3 Å². The molecule has 10 heteroatoms. The lowest BCUT2D eigenvalue weighted by molar-refractivity contribution is -0.140. The molecule has 0 radical (unpaired) electrons. The molecule has 34 heavy (non-hydrogen) atoms. The van der Waals surface area contributed by atoms with Crippen LogP contribution < -0.4 is 10.9 Å². The fourth-order valence-electron chi connectivity index (χ4n) is 4.29. The van der Waals surface area contributed by atoms with Gasteiger partial charge in [-0.25, -0.2) is 0 Å². The number of hydrogen-bond donors (Lipinski definition) is 2. The highest BCUT2D eigenvalue weighted by Crippen LogP contribution is 2.26. The van der Waals surface area contributed by atoms with Crippen LogP contribution in [0.4, 0.5) is 0 Å². The molecule has 0 spiro atoms. The summed E-state index contributed by atoms with van der Waals surface area (Å²) in [6, 6.07) is 0.0360. The third kappa shape index (κ3) is 4.46. The number of fused-ring (bicyclic) bond motifs is 1. The van der Waals surface area contributed by atoms with Gasteiger partial charge in [0.1, 0.15) is 5.65 Å². The molecule has 0 aromatic carbocycles. The summed E-state index contributed by atoms with van der Waals surface area (Å²) in [6.07, 6.45) is 4.81. The molecular formula is C24H33N5O5. The molecule has 0 atom stereocenters. The third-order valence-corrected chi connectivity index (χ3v) is 6.21. The van der Waals surface area contributed by atoms with Crippen molar-refractivity contribution in [2.24, 2.45) is 5.92 Å². The first-order valence-corrected chi connectivity index (χ1v) is 11.7. The number of carbonyl (C=O) groups excluding carboxylic acids is 2. The molecule has 2 aromatic rings. The first-order valence-electron chi connectivity index (χ1n) is 11.7. The monoisotopic (exact) mass is 471 g/mol. The third-order valence-electron chi connectivity index (χ3n) is 6.21. The molecule has 10 nitrogen and oxygen atoms in total. The van der Waals surface area contributed by atoms with Gasteiger partial charge in [0.05, 0.1) is 24.4 Å². The van der Waals surface area contributed by atoms with E-state index in [4.69, 9.17) is 4.74 Å². The minimum atomic E-state index is -0.598. The van der Waals surface area contributed by atoms with Crippen LogP contribution in [0.5, 0.6) is 5.88 Å². The van der Waals surface area contributed by atoms with Crippen molar-refractivity contribution in [2.45, 2.75) is 65.6 Å². The average Bonchev–Trinajstić information content (AvgIpc) is 3.49. The summed E-state index contributed by atoms with van der Waals surface area (Å²) in [6.45, 7) is 11.3. The largest absolute Gasteiger partial charge is 0.492 e. The number of nitrogens with zero attached hydrogens (tertiary/aromatic N) is 4. The molecule has 2 N–H and O–H groups in total. The van der Waals surface area contributed by atoms with E-state index < -0.39 is 22.9 Å². The van der Waals surface area contributed by atoms with Crippen molar-refractivity contribution in [1.29, 1.82) is 0 Å². The Bertz CT molecular complexity index is 1220. The van der Waals surface area contributed by atoms with E-state index in [1.807, 2.05) is 27.7 Å². The normalized spacial score (nSPS) is 18.2. The Morgan fingerprint density at radius 3 is 2.65 bits per heavy atom. The van der Waals surface area contributed by atoms with E-state index in [1.54, 1.807) is 17.9 Å². The lowest BCUT2D eigenvalue weighted by Gasteiger charge is -2.41. The lowest BCUT2D eigenvalue weighted by atomic mass is 10.0. The topological polar surface area (TPSA) is 118 Å². The molecule has 2 amide bonds. The van der Waals surface area contributed by atoms with Gasteiger partial charge in [0.15, 0.2) is 5.56 Å². The van der Waals surface area contributed by atoms with E-state index in [0.29, 0.717) is 43.2 Å². The van der Waals surface area contributed by atoms with Gasteiger partial charge < -0.3 is 20.1 Å². The second-order valence-electron chi connectivity index (χ2n) is 10.2. The summed E-state index contributed by atoms with van der Waals surface area (Å²) >= 11 is 0. The van der Waals surface area contributed by atoms with E-state index in [9.17, 15) is 19.5 Å². The second kappa shape index (κ2) is 8.90. The number of nitrogens with one attached hydrogen (secondary N) is 1. The highest BCUT2D eigenvalue weighted by molar-refractivity contribution is 5.97. The Balaban J connectivity index is 1.81. The van der Waals surface area contributed by atoms with Crippen LogP contribution in [0.15, 0.2) is 10.9 Å². The van der Waals surface area contributed by atoms with Gasteiger partial charge in [-0.15, -0.1) is 0 Å². The quantitative estimate of drug-likeness (QED) is 0.620. The molecule has 2 aliphatic rings. The van der Waals surface area contributed by atoms with Gasteiger partial charge in [0.25, 0.3) is 11.5 Å². The summed E-state index contributed by atoms with van der Waals surface area (Å²) in [5.41, 5.74) is 0.0922. The summed E-state index contributed by atoms with van der Waals surface area (Å²) in [5, 5.41) is 18.1. The molecule has 2 fully saturated rings. The van der Waals surface area contributed by atoms with E-state index >= 15 is 0 Å². The summed E-state index contributed by atoms with van der Waals surface area (Å²) in [4.78, 5) is 40.9. The molecule has 0 bridgehead atoms. The Labute approximate surface area is 198 Å². The zero-order valence-electron chi connectivity index (χ0n) is 20.4.